The molecule has 29 heavy (non-hydrogen) atoms. The number of piperidine rings is 1. The maximum atomic E-state index is 13.7. The summed E-state index contributed by atoms with van der Waals surface area (Å²) in [6.45, 7) is 3.17. The van der Waals surface area contributed by atoms with E-state index < -0.39 is 12.5 Å². The number of rotatable bonds is 5. The van der Waals surface area contributed by atoms with Crippen LogP contribution in [0.2, 0.25) is 0 Å². The molecule has 2 aliphatic heterocycles. The molecule has 8 heteroatoms. The van der Waals surface area contributed by atoms with Crippen LogP contribution in [0.1, 0.15) is 43.0 Å². The number of carbonyl (C=O) groups excluding carboxylic acids is 1. The highest BCUT2D eigenvalue weighted by Crippen LogP contribution is 2.36. The average Bonchev–Trinajstić information content (AvgIpc) is 3.12. The van der Waals surface area contributed by atoms with Crippen LogP contribution in [0.25, 0.3) is 0 Å². The molecule has 0 aromatic carbocycles. The Morgan fingerprint density at radius 2 is 2.28 bits per heavy atom. The minimum atomic E-state index is -2.46. The van der Waals surface area contributed by atoms with E-state index in [0.717, 1.165) is 30.6 Å². The fraction of sp³-hybridized carbons (Fsp3) is 0.571. The second kappa shape index (κ2) is 8.47. The predicted molar refractivity (Wildman–Crippen MR) is 106 cm³/mol. The molecule has 3 atom stereocenters. The summed E-state index contributed by atoms with van der Waals surface area (Å²) in [7, 11) is 0. The van der Waals surface area contributed by atoms with Gasteiger partial charge in [0.05, 0.1) is 5.69 Å². The van der Waals surface area contributed by atoms with Gasteiger partial charge in [-0.05, 0) is 50.2 Å². The summed E-state index contributed by atoms with van der Waals surface area (Å²) >= 11 is 0. The van der Waals surface area contributed by atoms with E-state index in [1.54, 1.807) is 12.4 Å². The quantitative estimate of drug-likeness (QED) is 0.831. The lowest BCUT2D eigenvalue weighted by atomic mass is 9.86. The van der Waals surface area contributed by atoms with Gasteiger partial charge < -0.3 is 10.2 Å². The average molecular weight is 403 g/mol. The van der Waals surface area contributed by atoms with Crippen molar-refractivity contribution in [3.63, 3.8) is 0 Å². The van der Waals surface area contributed by atoms with E-state index in [1.807, 2.05) is 30.0 Å². The Hall–Kier alpha value is -2.51. The van der Waals surface area contributed by atoms with Crippen LogP contribution in [0.15, 0.2) is 30.6 Å². The number of halogens is 2. The fourth-order valence-corrected chi connectivity index (χ4v) is 4.53. The largest absolute Gasteiger partial charge is 0.367 e. The van der Waals surface area contributed by atoms with Gasteiger partial charge in [-0.1, -0.05) is 6.07 Å². The number of hydrogen-bond acceptors (Lipinski definition) is 4. The first-order chi connectivity index (χ1) is 14.0. The minimum absolute atomic E-state index is 0.0773. The van der Waals surface area contributed by atoms with Crippen molar-refractivity contribution >= 4 is 11.7 Å². The lowest BCUT2D eigenvalue weighted by Crippen LogP contribution is -2.48. The van der Waals surface area contributed by atoms with Gasteiger partial charge in [-0.25, -0.2) is 13.5 Å². The number of likely N-dealkylation sites (tertiary alicyclic amines) is 1. The molecule has 0 saturated carbocycles. The number of pyridine rings is 1. The Morgan fingerprint density at radius 1 is 1.41 bits per heavy atom. The Balaban J connectivity index is 1.40. The molecular formula is C21H27F2N5O. The maximum absolute atomic E-state index is 13.7. The zero-order valence-electron chi connectivity index (χ0n) is 16.6. The molecule has 0 aliphatic carbocycles. The van der Waals surface area contributed by atoms with Gasteiger partial charge in [0.25, 0.3) is 6.43 Å². The van der Waals surface area contributed by atoms with Crippen LogP contribution in [0.4, 0.5) is 14.6 Å². The van der Waals surface area contributed by atoms with Crippen LogP contribution in [0, 0.1) is 12.8 Å². The molecule has 2 aromatic heterocycles. The topological polar surface area (TPSA) is 63.1 Å². The second-order valence-corrected chi connectivity index (χ2v) is 8.11. The number of aryl methyl sites for hydroxylation is 2. The molecule has 2 aromatic rings. The lowest BCUT2D eigenvalue weighted by Gasteiger charge is -2.41. The van der Waals surface area contributed by atoms with Crippen LogP contribution in [-0.4, -0.2) is 51.1 Å². The molecule has 1 saturated heterocycles. The summed E-state index contributed by atoms with van der Waals surface area (Å²) in [5.74, 6) is 0.945. The van der Waals surface area contributed by atoms with Gasteiger partial charge in [-0.3, -0.25) is 9.78 Å². The van der Waals surface area contributed by atoms with Crippen molar-refractivity contribution in [2.24, 2.45) is 5.92 Å². The van der Waals surface area contributed by atoms with E-state index in [9.17, 15) is 13.6 Å². The van der Waals surface area contributed by atoms with Crippen LogP contribution in [-0.2, 0) is 11.2 Å². The Morgan fingerprint density at radius 3 is 3.03 bits per heavy atom. The standard InChI is InChI=1S/C21H27F2N5O/c1-14-10-19-25-17(11-18(21(22)23)28(19)26-14)16-5-3-9-27(13-16)20(29)7-6-15-4-2-8-24-12-15/h2,4,8,10,12,16-18,21,25H,3,5-7,9,11,13H2,1H3/t16?,17-,18+/m0/s1. The highest BCUT2D eigenvalue weighted by atomic mass is 19.3. The highest BCUT2D eigenvalue weighted by molar-refractivity contribution is 5.76. The number of fused-ring (bicyclic) bond motifs is 1. The van der Waals surface area contributed by atoms with Crippen molar-refractivity contribution < 1.29 is 13.6 Å². The predicted octanol–water partition coefficient (Wildman–Crippen LogP) is 3.45. The molecule has 1 fully saturated rings. The van der Waals surface area contributed by atoms with E-state index >= 15 is 0 Å². The third-order valence-electron chi connectivity index (χ3n) is 6.02. The lowest BCUT2D eigenvalue weighted by molar-refractivity contribution is -0.133. The first kappa shape index (κ1) is 19.8. The van der Waals surface area contributed by atoms with Crippen molar-refractivity contribution in [2.75, 3.05) is 18.4 Å². The summed E-state index contributed by atoms with van der Waals surface area (Å²) < 4.78 is 28.7. The SMILES string of the molecule is Cc1cc2n(n1)[C@@H](C(F)F)C[C@@H](C1CCCN(C(=O)CCc3cccnc3)C1)N2. The minimum Gasteiger partial charge on any atom is -0.367 e. The zero-order chi connectivity index (χ0) is 20.4. The Kier molecular flexibility index (Phi) is 5.78. The molecule has 0 spiro atoms. The first-order valence-electron chi connectivity index (χ1n) is 10.3. The van der Waals surface area contributed by atoms with E-state index in [0.29, 0.717) is 31.6 Å². The summed E-state index contributed by atoms with van der Waals surface area (Å²) in [6.07, 6.45) is 4.33. The first-order valence-corrected chi connectivity index (χ1v) is 10.3. The summed E-state index contributed by atoms with van der Waals surface area (Å²) in [4.78, 5) is 18.7. The third-order valence-corrected chi connectivity index (χ3v) is 6.02. The number of nitrogens with one attached hydrogen (secondary N) is 1. The molecule has 4 rings (SSSR count). The van der Waals surface area contributed by atoms with Gasteiger partial charge in [0.2, 0.25) is 5.91 Å². The van der Waals surface area contributed by atoms with E-state index in [1.165, 1.54) is 4.68 Å². The molecule has 1 amide bonds. The van der Waals surface area contributed by atoms with Crippen LogP contribution < -0.4 is 5.32 Å². The second-order valence-electron chi connectivity index (χ2n) is 8.11. The number of carbonyl (C=O) groups is 1. The fourth-order valence-electron chi connectivity index (χ4n) is 4.53. The molecule has 6 nitrogen and oxygen atoms in total. The zero-order valence-corrected chi connectivity index (χ0v) is 16.6. The van der Waals surface area contributed by atoms with E-state index in [2.05, 4.69) is 15.4 Å². The summed E-state index contributed by atoms with van der Waals surface area (Å²) in [5, 5.41) is 7.64. The molecular weight excluding hydrogens is 376 g/mol. The van der Waals surface area contributed by atoms with Gasteiger partial charge in [0, 0.05) is 44.0 Å². The Bertz CT molecular complexity index is 841. The van der Waals surface area contributed by atoms with Gasteiger partial charge >= 0.3 is 0 Å². The smallest absolute Gasteiger partial charge is 0.260 e. The monoisotopic (exact) mass is 403 g/mol. The van der Waals surface area contributed by atoms with E-state index in [4.69, 9.17) is 0 Å². The number of aromatic nitrogens is 3. The molecule has 2 aliphatic rings. The normalized spacial score (nSPS) is 24.3. The van der Waals surface area contributed by atoms with Crippen molar-refractivity contribution in [2.45, 2.75) is 57.5 Å². The highest BCUT2D eigenvalue weighted by Gasteiger charge is 2.38. The Labute approximate surface area is 169 Å². The summed E-state index contributed by atoms with van der Waals surface area (Å²) in [6, 6.07) is 4.67. The van der Waals surface area contributed by atoms with Gasteiger partial charge in [0.1, 0.15) is 11.9 Å². The van der Waals surface area contributed by atoms with Crippen LogP contribution in [0.5, 0.6) is 0 Å². The molecule has 0 radical (unpaired) electrons. The third kappa shape index (κ3) is 4.41. The molecule has 4 heterocycles. The molecule has 1 N–H and O–H groups in total. The van der Waals surface area contributed by atoms with Crippen molar-refractivity contribution in [1.29, 1.82) is 0 Å². The van der Waals surface area contributed by atoms with Gasteiger partial charge in [-0.15, -0.1) is 0 Å². The molecule has 1 unspecified atom stereocenters. The van der Waals surface area contributed by atoms with Crippen molar-refractivity contribution in [3.8, 4) is 0 Å². The van der Waals surface area contributed by atoms with Gasteiger partial charge in [0.15, 0.2) is 0 Å². The molecule has 156 valence electrons. The van der Waals surface area contributed by atoms with Crippen LogP contribution in [0.3, 0.4) is 0 Å². The summed E-state index contributed by atoms with van der Waals surface area (Å²) in [5.41, 5.74) is 1.78. The molecule has 0 bridgehead atoms. The van der Waals surface area contributed by atoms with Crippen molar-refractivity contribution in [1.82, 2.24) is 19.7 Å². The number of amides is 1. The maximum Gasteiger partial charge on any atom is 0.260 e. The van der Waals surface area contributed by atoms with Gasteiger partial charge in [-0.2, -0.15) is 5.10 Å². The number of hydrogen-bond donors (Lipinski definition) is 1. The van der Waals surface area contributed by atoms with E-state index in [-0.39, 0.29) is 17.9 Å². The number of nitrogens with zero attached hydrogens (tertiary/aromatic N) is 4. The van der Waals surface area contributed by atoms with Crippen LogP contribution >= 0.6 is 0 Å². The number of anilines is 1. The number of alkyl halides is 2. The van der Waals surface area contributed by atoms with Crippen molar-refractivity contribution in [3.05, 3.63) is 41.9 Å².